The summed E-state index contributed by atoms with van der Waals surface area (Å²) in [5, 5.41) is 2.35. The van der Waals surface area contributed by atoms with Crippen LogP contribution in [0.3, 0.4) is 0 Å². The van der Waals surface area contributed by atoms with Gasteiger partial charge in [-0.1, -0.05) is 201 Å². The van der Waals surface area contributed by atoms with E-state index in [1.54, 1.807) is 5.56 Å². The second-order valence-corrected chi connectivity index (χ2v) is 30.4. The van der Waals surface area contributed by atoms with E-state index in [1.165, 1.54) is 139 Å². The molecule has 14 rings (SSSR count). The van der Waals surface area contributed by atoms with Crippen LogP contribution in [0.5, 0.6) is 0 Å². The summed E-state index contributed by atoms with van der Waals surface area (Å²) in [7, 11) is 0. The zero-order valence-electron chi connectivity index (χ0n) is 50.5. The number of hydrogen-bond donors (Lipinski definition) is 0. The van der Waals surface area contributed by atoms with Crippen LogP contribution in [0.25, 0.3) is 33.1 Å². The average Bonchev–Trinajstić information content (AvgIpc) is 3.01. The van der Waals surface area contributed by atoms with Crippen molar-refractivity contribution in [1.82, 2.24) is 0 Å². The Balaban J connectivity index is 1.17. The van der Waals surface area contributed by atoms with Crippen LogP contribution in [0.4, 0.5) is 39.8 Å². The Morgan fingerprint density at radius 2 is 1.00 bits per heavy atom. The quantitative estimate of drug-likeness (QED) is 0.165. The number of benzene rings is 7. The van der Waals surface area contributed by atoms with Gasteiger partial charge in [0.15, 0.2) is 5.58 Å². The van der Waals surface area contributed by atoms with Gasteiger partial charge in [0.2, 0.25) is 0 Å². The van der Waals surface area contributed by atoms with Gasteiger partial charge in [-0.05, 0) is 159 Å². The maximum Gasteiger partial charge on any atom is 0.252 e. The van der Waals surface area contributed by atoms with Crippen molar-refractivity contribution in [2.75, 3.05) is 14.7 Å². The molecule has 0 bridgehead atoms. The SMILES string of the molecule is CC(C)(C)c1ccc(N2c3cc(N4c5ccc(C(C)(C)C)cc5C5(C)CCCCC45C)cc4c3B(c3cc(C(C)(C)C)cc5c3N4C3(C)CCCCC53C)c3ccc4c(oc5ccc(C(C)(C)C)cc54)c32)c(-c2ccccc2)c1. The van der Waals surface area contributed by atoms with E-state index in [-0.39, 0.29) is 50.3 Å². The molecule has 2 saturated carbocycles. The average molecular weight is 1040 g/mol. The molecule has 4 nitrogen and oxygen atoms in total. The molecule has 4 aliphatic heterocycles. The van der Waals surface area contributed by atoms with Crippen LogP contribution in [0.1, 0.15) is 196 Å². The fraction of sp³-hybridized carbons (Fsp3) is 0.432. The molecule has 0 spiro atoms. The Hall–Kier alpha value is -6.20. The van der Waals surface area contributed by atoms with Gasteiger partial charge in [0.05, 0.1) is 22.5 Å². The van der Waals surface area contributed by atoms with Crippen LogP contribution in [0.2, 0.25) is 0 Å². The Bertz CT molecular complexity index is 3890. The number of hydrogen-bond acceptors (Lipinski definition) is 4. The van der Waals surface area contributed by atoms with Gasteiger partial charge in [0.25, 0.3) is 6.71 Å². The molecule has 5 heteroatoms. The third-order valence-electron chi connectivity index (χ3n) is 21.8. The highest BCUT2D eigenvalue weighted by atomic mass is 16.3. The van der Waals surface area contributed by atoms with Crippen molar-refractivity contribution in [2.24, 2.45) is 0 Å². The second-order valence-electron chi connectivity index (χ2n) is 30.4. The van der Waals surface area contributed by atoms with E-state index >= 15 is 0 Å². The Kier molecular flexibility index (Phi) is 10.5. The van der Waals surface area contributed by atoms with Crippen molar-refractivity contribution in [2.45, 2.75) is 206 Å². The standard InChI is InChI=1S/C74H84BN3O/c1-67(2,3)46-26-31-58(52(38-46)45-24-18-17-19-25-45)76-60-43-50(77-59-32-27-48(69(7,8)9)40-54(59)71(13)34-20-22-36-73(71,77)15)44-61-63(60)75(56-30-29-51-53-39-47(68(4,5)6)28-33-62(53)79-66(51)65(56)76)57-42-49(70(10,11)12)41-55-64(57)78(61)74(16)37-23-21-35-72(55,74)14/h17-19,24-33,38-44H,20-23,34-37H2,1-16H3. The highest BCUT2D eigenvalue weighted by molar-refractivity contribution is 7.00. The molecule has 8 aromatic rings. The van der Waals surface area contributed by atoms with Crippen LogP contribution < -0.4 is 31.1 Å². The Labute approximate surface area is 473 Å². The van der Waals surface area contributed by atoms with E-state index in [1.807, 2.05) is 0 Å². The number of anilines is 7. The van der Waals surface area contributed by atoms with Crippen LogP contribution in [-0.2, 0) is 32.5 Å². The maximum absolute atomic E-state index is 7.53. The van der Waals surface area contributed by atoms with E-state index in [9.17, 15) is 0 Å². The molecule has 0 saturated heterocycles. The smallest absolute Gasteiger partial charge is 0.252 e. The van der Waals surface area contributed by atoms with Gasteiger partial charge in [-0.3, -0.25) is 0 Å². The first-order valence-electron chi connectivity index (χ1n) is 30.3. The number of rotatable bonds is 3. The van der Waals surface area contributed by atoms with E-state index in [2.05, 4.69) is 247 Å². The predicted octanol–water partition coefficient (Wildman–Crippen LogP) is 18.5. The molecule has 0 radical (unpaired) electrons. The summed E-state index contributed by atoms with van der Waals surface area (Å²) in [5.74, 6) is 0. The Morgan fingerprint density at radius 3 is 1.66 bits per heavy atom. The molecule has 0 amide bonds. The fourth-order valence-electron chi connectivity index (χ4n) is 16.6. The summed E-state index contributed by atoms with van der Waals surface area (Å²) in [6, 6.07) is 48.8. The molecule has 2 fully saturated rings. The van der Waals surface area contributed by atoms with E-state index in [0.717, 1.165) is 29.7 Å². The Morgan fingerprint density at radius 1 is 0.443 bits per heavy atom. The van der Waals surface area contributed by atoms with Crippen molar-refractivity contribution in [3.8, 4) is 11.1 Å². The molecular formula is C74H84BN3O. The minimum absolute atomic E-state index is 0.0203. The molecule has 1 aromatic heterocycles. The lowest BCUT2D eigenvalue weighted by molar-refractivity contribution is 0.194. The summed E-state index contributed by atoms with van der Waals surface area (Å²) in [6.07, 6.45) is 9.58. The lowest BCUT2D eigenvalue weighted by Gasteiger charge is -2.53. The zero-order chi connectivity index (χ0) is 55.5. The number of nitrogens with zero attached hydrogens (tertiary/aromatic N) is 3. The molecule has 4 unspecified atom stereocenters. The van der Waals surface area contributed by atoms with Crippen LogP contribution in [0.15, 0.2) is 126 Å². The molecule has 6 aliphatic rings. The summed E-state index contributed by atoms with van der Waals surface area (Å²) in [6.45, 7) is 39.0. The first kappa shape index (κ1) is 51.0. The number of fused-ring (bicyclic) bond motifs is 14. The molecule has 5 heterocycles. The molecule has 404 valence electrons. The maximum atomic E-state index is 7.53. The van der Waals surface area contributed by atoms with Crippen molar-refractivity contribution in [1.29, 1.82) is 0 Å². The monoisotopic (exact) mass is 1040 g/mol. The van der Waals surface area contributed by atoms with Gasteiger partial charge in [-0.15, -0.1) is 0 Å². The van der Waals surface area contributed by atoms with Crippen molar-refractivity contribution in [3.05, 3.63) is 155 Å². The lowest BCUT2D eigenvalue weighted by Crippen LogP contribution is -2.64. The highest BCUT2D eigenvalue weighted by Gasteiger charge is 2.63. The third kappa shape index (κ3) is 6.86. The minimum Gasteiger partial charge on any atom is -0.454 e. The zero-order valence-corrected chi connectivity index (χ0v) is 50.5. The normalized spacial score (nSPS) is 24.2. The minimum atomic E-state index is -0.157. The second kappa shape index (κ2) is 16.3. The van der Waals surface area contributed by atoms with Gasteiger partial charge < -0.3 is 19.1 Å². The molecule has 4 atom stereocenters. The first-order chi connectivity index (χ1) is 37.2. The summed E-state index contributed by atoms with van der Waals surface area (Å²) in [4.78, 5) is 8.56. The molecular weight excluding hydrogens is 958 g/mol. The van der Waals surface area contributed by atoms with Crippen molar-refractivity contribution in [3.63, 3.8) is 0 Å². The molecule has 0 N–H and O–H groups in total. The van der Waals surface area contributed by atoms with E-state index in [4.69, 9.17) is 4.42 Å². The van der Waals surface area contributed by atoms with Crippen molar-refractivity contribution >= 4 is 84.9 Å². The summed E-state index contributed by atoms with van der Waals surface area (Å²) in [5.41, 5.74) is 25.7. The summed E-state index contributed by atoms with van der Waals surface area (Å²) >= 11 is 0. The van der Waals surface area contributed by atoms with Crippen LogP contribution >= 0.6 is 0 Å². The molecule has 79 heavy (non-hydrogen) atoms. The van der Waals surface area contributed by atoms with E-state index in [0.29, 0.717) is 0 Å². The highest BCUT2D eigenvalue weighted by Crippen LogP contribution is 2.66. The largest absolute Gasteiger partial charge is 0.454 e. The number of furan rings is 1. The summed E-state index contributed by atoms with van der Waals surface area (Å²) < 4.78 is 7.53. The van der Waals surface area contributed by atoms with Crippen LogP contribution in [-0.4, -0.2) is 17.8 Å². The van der Waals surface area contributed by atoms with Crippen LogP contribution in [0, 0.1) is 0 Å². The van der Waals surface area contributed by atoms with Crippen molar-refractivity contribution < 1.29 is 4.42 Å². The van der Waals surface area contributed by atoms with Gasteiger partial charge in [-0.25, -0.2) is 0 Å². The van der Waals surface area contributed by atoms with Gasteiger partial charge in [0.1, 0.15) is 5.58 Å². The van der Waals surface area contributed by atoms with E-state index < -0.39 is 0 Å². The predicted molar refractivity (Wildman–Crippen MR) is 339 cm³/mol. The lowest BCUT2D eigenvalue weighted by atomic mass is 9.33. The third-order valence-corrected chi connectivity index (χ3v) is 21.8. The van der Waals surface area contributed by atoms with Gasteiger partial charge in [-0.2, -0.15) is 0 Å². The first-order valence-corrected chi connectivity index (χ1v) is 30.3. The molecule has 7 aromatic carbocycles. The topological polar surface area (TPSA) is 22.9 Å². The molecule has 2 aliphatic carbocycles. The van der Waals surface area contributed by atoms with Gasteiger partial charge in [0, 0.05) is 55.6 Å². The fourth-order valence-corrected chi connectivity index (χ4v) is 16.6. The van der Waals surface area contributed by atoms with Gasteiger partial charge >= 0.3 is 0 Å².